The molecule has 0 amide bonds. The summed E-state index contributed by atoms with van der Waals surface area (Å²) in [6.45, 7) is 9.89. The van der Waals surface area contributed by atoms with Crippen LogP contribution in [-0.4, -0.2) is 69.5 Å². The molecule has 1 aliphatic heterocycles. The Labute approximate surface area is 156 Å². The van der Waals surface area contributed by atoms with Crippen molar-refractivity contribution in [3.8, 4) is 0 Å². The average molecular weight is 380 g/mol. The van der Waals surface area contributed by atoms with Crippen LogP contribution < -0.4 is 0 Å². The third-order valence-corrected chi connectivity index (χ3v) is 6.06. The Hall–Kier alpha value is -2.00. The SMILES string of the molecule is C=C(CO)C(=O)O[C@H]1CC(=C)[C@@H]2C[C@H](O)[C@](O)(CO)[C@@H]2[C@H]2OC(=O)C(=C)[C@@H]21. The van der Waals surface area contributed by atoms with Crippen LogP contribution in [0.4, 0.5) is 0 Å². The number of rotatable bonds is 4. The molecule has 1 heterocycles. The fourth-order valence-corrected chi connectivity index (χ4v) is 4.58. The predicted octanol–water partition coefficient (Wildman–Crippen LogP) is -0.775. The van der Waals surface area contributed by atoms with Crippen molar-refractivity contribution in [2.75, 3.05) is 13.2 Å². The van der Waals surface area contributed by atoms with E-state index in [0.29, 0.717) is 5.57 Å². The van der Waals surface area contributed by atoms with E-state index in [4.69, 9.17) is 14.6 Å². The Kier molecular flexibility index (Phi) is 5.02. The van der Waals surface area contributed by atoms with Crippen LogP contribution in [0, 0.1) is 17.8 Å². The van der Waals surface area contributed by atoms with E-state index in [2.05, 4.69) is 19.7 Å². The van der Waals surface area contributed by atoms with Gasteiger partial charge in [0.2, 0.25) is 0 Å². The molecule has 0 bridgehead atoms. The monoisotopic (exact) mass is 380 g/mol. The molecule has 0 aromatic rings. The molecule has 148 valence electrons. The lowest BCUT2D eigenvalue weighted by molar-refractivity contribution is -0.165. The maximum Gasteiger partial charge on any atom is 0.336 e. The van der Waals surface area contributed by atoms with Crippen molar-refractivity contribution >= 4 is 11.9 Å². The van der Waals surface area contributed by atoms with Gasteiger partial charge in [0.15, 0.2) is 0 Å². The number of hydrogen-bond acceptors (Lipinski definition) is 8. The smallest absolute Gasteiger partial charge is 0.336 e. The van der Waals surface area contributed by atoms with Gasteiger partial charge in [0.05, 0.1) is 30.8 Å². The van der Waals surface area contributed by atoms with Gasteiger partial charge >= 0.3 is 11.9 Å². The highest BCUT2D eigenvalue weighted by molar-refractivity contribution is 5.92. The molecule has 0 unspecified atom stereocenters. The Bertz CT molecular complexity index is 712. The van der Waals surface area contributed by atoms with Crippen LogP contribution in [0.3, 0.4) is 0 Å². The zero-order chi connectivity index (χ0) is 20.1. The first-order valence-corrected chi connectivity index (χ1v) is 8.74. The van der Waals surface area contributed by atoms with Gasteiger partial charge in [0.1, 0.15) is 17.8 Å². The second-order valence-corrected chi connectivity index (χ2v) is 7.52. The number of aliphatic hydroxyl groups is 4. The third kappa shape index (κ3) is 2.93. The second-order valence-electron chi connectivity index (χ2n) is 7.52. The van der Waals surface area contributed by atoms with Gasteiger partial charge in [0.25, 0.3) is 0 Å². The van der Waals surface area contributed by atoms with E-state index in [-0.39, 0.29) is 24.0 Å². The number of carbonyl (C=O) groups is 2. The van der Waals surface area contributed by atoms with Crippen LogP contribution in [0.15, 0.2) is 36.5 Å². The molecular weight excluding hydrogens is 356 g/mol. The maximum absolute atomic E-state index is 12.2. The van der Waals surface area contributed by atoms with E-state index in [9.17, 15) is 24.9 Å². The molecule has 3 rings (SSSR count). The summed E-state index contributed by atoms with van der Waals surface area (Å²) in [5.74, 6) is -3.52. The quantitative estimate of drug-likeness (QED) is 0.284. The first kappa shape index (κ1) is 19.8. The molecule has 0 aromatic carbocycles. The molecular formula is C19H24O8. The zero-order valence-corrected chi connectivity index (χ0v) is 14.8. The number of fused-ring (bicyclic) bond motifs is 3. The van der Waals surface area contributed by atoms with Gasteiger partial charge in [-0.3, -0.25) is 0 Å². The number of aliphatic hydroxyl groups excluding tert-OH is 3. The van der Waals surface area contributed by atoms with E-state index < -0.39 is 66.8 Å². The fraction of sp³-hybridized carbons (Fsp3) is 0.579. The number of carbonyl (C=O) groups excluding carboxylic acids is 2. The normalized spacial score (nSPS) is 40.8. The second kappa shape index (κ2) is 6.87. The van der Waals surface area contributed by atoms with E-state index in [0.717, 1.165) is 0 Å². The topological polar surface area (TPSA) is 134 Å². The molecule has 3 aliphatic rings. The number of ether oxygens (including phenoxy) is 2. The lowest BCUT2D eigenvalue weighted by Gasteiger charge is -2.37. The molecule has 8 nitrogen and oxygen atoms in total. The van der Waals surface area contributed by atoms with Crippen molar-refractivity contribution in [1.82, 2.24) is 0 Å². The van der Waals surface area contributed by atoms with Gasteiger partial charge < -0.3 is 29.9 Å². The van der Waals surface area contributed by atoms with Crippen molar-refractivity contribution in [3.05, 3.63) is 36.5 Å². The summed E-state index contributed by atoms with van der Waals surface area (Å²) in [6.07, 6.45) is -2.71. The molecule has 2 saturated carbocycles. The van der Waals surface area contributed by atoms with Crippen LogP contribution in [-0.2, 0) is 19.1 Å². The molecule has 4 N–H and O–H groups in total. The molecule has 0 radical (unpaired) electrons. The van der Waals surface area contributed by atoms with Gasteiger partial charge in [0, 0.05) is 17.9 Å². The standard InChI is InChI=1S/C19H24O8/c1-8-4-12(26-17(23)9(2)6-20)14-10(3)18(24)27-16(14)15-11(8)5-13(22)19(15,25)7-21/h11-16,20-22,25H,1-7H2/t11-,12-,13-,14+,15-,16-,19+/m0/s1. The minimum Gasteiger partial charge on any atom is -0.458 e. The number of esters is 2. The van der Waals surface area contributed by atoms with Crippen molar-refractivity contribution in [1.29, 1.82) is 0 Å². The van der Waals surface area contributed by atoms with Crippen molar-refractivity contribution < 1.29 is 39.5 Å². The van der Waals surface area contributed by atoms with Crippen molar-refractivity contribution in [3.63, 3.8) is 0 Å². The largest absolute Gasteiger partial charge is 0.458 e. The lowest BCUT2D eigenvalue weighted by atomic mass is 9.76. The van der Waals surface area contributed by atoms with Crippen molar-refractivity contribution in [2.45, 2.75) is 36.8 Å². The van der Waals surface area contributed by atoms with E-state index in [1.54, 1.807) is 0 Å². The minimum atomic E-state index is -1.88. The fourth-order valence-electron chi connectivity index (χ4n) is 4.58. The Morgan fingerprint density at radius 2 is 2.00 bits per heavy atom. The zero-order valence-electron chi connectivity index (χ0n) is 14.8. The minimum absolute atomic E-state index is 0.0857. The summed E-state index contributed by atoms with van der Waals surface area (Å²) in [4.78, 5) is 24.3. The highest BCUT2D eigenvalue weighted by atomic mass is 16.6. The number of hydrogen-bond donors (Lipinski definition) is 4. The Balaban J connectivity index is 2.01. The Morgan fingerprint density at radius 3 is 2.59 bits per heavy atom. The van der Waals surface area contributed by atoms with Crippen LogP contribution in [0.25, 0.3) is 0 Å². The van der Waals surface area contributed by atoms with Crippen LogP contribution in [0.5, 0.6) is 0 Å². The first-order chi connectivity index (χ1) is 12.7. The summed E-state index contributed by atoms with van der Waals surface area (Å²) in [7, 11) is 0. The molecule has 7 atom stereocenters. The third-order valence-electron chi connectivity index (χ3n) is 6.06. The van der Waals surface area contributed by atoms with Crippen LogP contribution in [0.1, 0.15) is 12.8 Å². The van der Waals surface area contributed by atoms with Crippen LogP contribution in [0.2, 0.25) is 0 Å². The molecule has 8 heteroatoms. The van der Waals surface area contributed by atoms with Gasteiger partial charge in [-0.25, -0.2) is 9.59 Å². The van der Waals surface area contributed by atoms with Gasteiger partial charge in [-0.05, 0) is 12.3 Å². The van der Waals surface area contributed by atoms with Gasteiger partial charge in [-0.1, -0.05) is 25.3 Å². The maximum atomic E-state index is 12.2. The summed E-state index contributed by atoms with van der Waals surface area (Å²) in [5, 5.41) is 40.1. The highest BCUT2D eigenvalue weighted by Gasteiger charge is 2.64. The summed E-state index contributed by atoms with van der Waals surface area (Å²) < 4.78 is 10.9. The van der Waals surface area contributed by atoms with E-state index >= 15 is 0 Å². The van der Waals surface area contributed by atoms with E-state index in [1.165, 1.54) is 0 Å². The van der Waals surface area contributed by atoms with Crippen molar-refractivity contribution in [2.24, 2.45) is 17.8 Å². The predicted molar refractivity (Wildman–Crippen MR) is 92.0 cm³/mol. The van der Waals surface area contributed by atoms with Crippen LogP contribution >= 0.6 is 0 Å². The Morgan fingerprint density at radius 1 is 1.33 bits per heavy atom. The highest BCUT2D eigenvalue weighted by Crippen LogP contribution is 2.54. The summed E-state index contributed by atoms with van der Waals surface area (Å²) >= 11 is 0. The molecule has 2 aliphatic carbocycles. The molecule has 1 saturated heterocycles. The summed E-state index contributed by atoms with van der Waals surface area (Å²) in [6, 6.07) is 0. The van der Waals surface area contributed by atoms with Gasteiger partial charge in [-0.15, -0.1) is 0 Å². The van der Waals surface area contributed by atoms with E-state index in [1.807, 2.05) is 0 Å². The molecule has 0 spiro atoms. The molecule has 27 heavy (non-hydrogen) atoms. The van der Waals surface area contributed by atoms with Gasteiger partial charge in [-0.2, -0.15) is 0 Å². The lowest BCUT2D eigenvalue weighted by Crippen LogP contribution is -2.53. The first-order valence-electron chi connectivity index (χ1n) is 8.74. The average Bonchev–Trinajstić information content (AvgIpc) is 3.03. The molecule has 0 aromatic heterocycles. The molecule has 3 fully saturated rings. The summed E-state index contributed by atoms with van der Waals surface area (Å²) in [5.41, 5.74) is -1.33.